The van der Waals surface area contributed by atoms with Gasteiger partial charge in [0.05, 0.1) is 5.52 Å². The summed E-state index contributed by atoms with van der Waals surface area (Å²) in [7, 11) is 1.76. The Morgan fingerprint density at radius 2 is 2.15 bits per heavy atom. The smallest absolute Gasteiger partial charge is 0.0702 e. The topological polar surface area (TPSA) is 34.1 Å². The fourth-order valence-electron chi connectivity index (χ4n) is 2.42. The monoisotopic (exact) mass is 272 g/mol. The van der Waals surface area contributed by atoms with E-state index in [1.54, 1.807) is 7.11 Å². The Hall–Kier alpha value is -1.45. The van der Waals surface area contributed by atoms with E-state index < -0.39 is 0 Å². The van der Waals surface area contributed by atoms with Gasteiger partial charge in [-0.1, -0.05) is 25.1 Å². The average molecular weight is 272 g/mol. The summed E-state index contributed by atoms with van der Waals surface area (Å²) in [6, 6.07) is 10.9. The van der Waals surface area contributed by atoms with Crippen molar-refractivity contribution in [3.05, 3.63) is 42.1 Å². The minimum Gasteiger partial charge on any atom is -0.385 e. The van der Waals surface area contributed by atoms with Gasteiger partial charge in [0.1, 0.15) is 0 Å². The predicted octanol–water partition coefficient (Wildman–Crippen LogP) is 3.70. The third-order valence-corrected chi connectivity index (χ3v) is 3.50. The van der Waals surface area contributed by atoms with Crippen molar-refractivity contribution in [3.63, 3.8) is 0 Å². The molecule has 3 heteroatoms. The number of aromatic nitrogens is 1. The Morgan fingerprint density at radius 1 is 1.30 bits per heavy atom. The van der Waals surface area contributed by atoms with Gasteiger partial charge in [-0.3, -0.25) is 4.98 Å². The zero-order chi connectivity index (χ0) is 14.2. The van der Waals surface area contributed by atoms with Crippen LogP contribution in [0.2, 0.25) is 0 Å². The van der Waals surface area contributed by atoms with E-state index in [2.05, 4.69) is 41.5 Å². The second kappa shape index (κ2) is 7.98. The lowest BCUT2D eigenvalue weighted by Crippen LogP contribution is -2.22. The van der Waals surface area contributed by atoms with E-state index >= 15 is 0 Å². The van der Waals surface area contributed by atoms with Crippen LogP contribution in [-0.2, 0) is 4.74 Å². The molecule has 1 aromatic heterocycles. The molecule has 0 spiro atoms. The third-order valence-electron chi connectivity index (χ3n) is 3.50. The highest BCUT2D eigenvalue weighted by Crippen LogP contribution is 2.21. The fraction of sp³-hybridized carbons (Fsp3) is 0.471. The van der Waals surface area contributed by atoms with E-state index in [0.29, 0.717) is 6.04 Å². The van der Waals surface area contributed by atoms with Gasteiger partial charge < -0.3 is 10.1 Å². The lowest BCUT2D eigenvalue weighted by atomic mass is 10.0. The van der Waals surface area contributed by atoms with Gasteiger partial charge >= 0.3 is 0 Å². The minimum absolute atomic E-state index is 0.363. The van der Waals surface area contributed by atoms with Crippen LogP contribution in [0.15, 0.2) is 36.5 Å². The SMILES string of the molecule is CCCNC(CCCOC)c1cnc2ccccc2c1. The Labute approximate surface area is 121 Å². The number of nitrogens with one attached hydrogen (secondary N) is 1. The van der Waals surface area contributed by atoms with Crippen molar-refractivity contribution < 1.29 is 4.74 Å². The molecule has 1 heterocycles. The molecular weight excluding hydrogens is 248 g/mol. The van der Waals surface area contributed by atoms with Crippen LogP contribution in [0.3, 0.4) is 0 Å². The number of nitrogens with zero attached hydrogens (tertiary/aromatic N) is 1. The second-order valence-electron chi connectivity index (χ2n) is 5.10. The highest BCUT2D eigenvalue weighted by molar-refractivity contribution is 5.78. The molecule has 2 aromatic rings. The highest BCUT2D eigenvalue weighted by Gasteiger charge is 2.11. The average Bonchev–Trinajstić information content (AvgIpc) is 2.50. The first-order chi connectivity index (χ1) is 9.85. The molecule has 0 bridgehead atoms. The van der Waals surface area contributed by atoms with Crippen molar-refractivity contribution in [2.45, 2.75) is 32.2 Å². The molecule has 1 unspecified atom stereocenters. The highest BCUT2D eigenvalue weighted by atomic mass is 16.5. The van der Waals surface area contributed by atoms with Crippen LogP contribution in [0.25, 0.3) is 10.9 Å². The minimum atomic E-state index is 0.363. The summed E-state index contributed by atoms with van der Waals surface area (Å²) in [6.45, 7) is 4.04. The molecule has 0 saturated carbocycles. The first-order valence-corrected chi connectivity index (χ1v) is 7.42. The number of hydrogen-bond acceptors (Lipinski definition) is 3. The summed E-state index contributed by atoms with van der Waals surface area (Å²) >= 11 is 0. The van der Waals surface area contributed by atoms with Gasteiger partial charge in [-0.25, -0.2) is 0 Å². The van der Waals surface area contributed by atoms with Crippen LogP contribution in [0.4, 0.5) is 0 Å². The van der Waals surface area contributed by atoms with Gasteiger partial charge in [0.25, 0.3) is 0 Å². The van der Waals surface area contributed by atoms with Crippen LogP contribution in [0.5, 0.6) is 0 Å². The number of benzene rings is 1. The molecule has 0 aliphatic carbocycles. The number of fused-ring (bicyclic) bond motifs is 1. The molecule has 0 aliphatic heterocycles. The van der Waals surface area contributed by atoms with E-state index in [-0.39, 0.29) is 0 Å². The van der Waals surface area contributed by atoms with Crippen molar-refractivity contribution in [1.82, 2.24) is 10.3 Å². The van der Waals surface area contributed by atoms with Gasteiger partial charge in [-0.2, -0.15) is 0 Å². The fourth-order valence-corrected chi connectivity index (χ4v) is 2.42. The number of para-hydroxylation sites is 1. The van der Waals surface area contributed by atoms with Crippen LogP contribution in [0.1, 0.15) is 37.8 Å². The summed E-state index contributed by atoms with van der Waals surface area (Å²) in [6.07, 6.45) is 5.28. The van der Waals surface area contributed by atoms with E-state index in [4.69, 9.17) is 4.74 Å². The maximum atomic E-state index is 5.16. The third kappa shape index (κ3) is 4.02. The Morgan fingerprint density at radius 3 is 2.95 bits per heavy atom. The number of methoxy groups -OCH3 is 1. The Balaban J connectivity index is 2.15. The van der Waals surface area contributed by atoms with E-state index in [9.17, 15) is 0 Å². The predicted molar refractivity (Wildman–Crippen MR) is 83.9 cm³/mol. The van der Waals surface area contributed by atoms with Gasteiger partial charge in [0.2, 0.25) is 0 Å². The molecule has 0 saturated heterocycles. The van der Waals surface area contributed by atoms with Crippen LogP contribution < -0.4 is 5.32 Å². The van der Waals surface area contributed by atoms with Gasteiger partial charge in [0.15, 0.2) is 0 Å². The summed E-state index contributed by atoms with van der Waals surface area (Å²) in [5.41, 5.74) is 2.33. The standard InChI is InChI=1S/C17H24N2O/c1-3-10-18-17(9-6-11-20-2)15-12-14-7-4-5-8-16(14)19-13-15/h4-5,7-8,12-13,17-18H,3,6,9-11H2,1-2H3. The van der Waals surface area contributed by atoms with Crippen molar-refractivity contribution >= 4 is 10.9 Å². The Kier molecular flexibility index (Phi) is 5.96. The van der Waals surface area contributed by atoms with Gasteiger partial charge in [-0.15, -0.1) is 0 Å². The molecule has 0 fully saturated rings. The molecule has 1 aromatic carbocycles. The van der Waals surface area contributed by atoms with Crippen molar-refractivity contribution in [3.8, 4) is 0 Å². The molecule has 0 aliphatic rings. The molecule has 2 rings (SSSR count). The zero-order valence-corrected chi connectivity index (χ0v) is 12.4. The molecule has 3 nitrogen and oxygen atoms in total. The van der Waals surface area contributed by atoms with Crippen LogP contribution in [-0.4, -0.2) is 25.2 Å². The maximum absolute atomic E-state index is 5.16. The number of ether oxygens (including phenoxy) is 1. The van der Waals surface area contributed by atoms with Crippen molar-refractivity contribution in [2.24, 2.45) is 0 Å². The van der Waals surface area contributed by atoms with E-state index in [1.807, 2.05) is 12.3 Å². The first kappa shape index (κ1) is 14.9. The normalized spacial score (nSPS) is 12.7. The van der Waals surface area contributed by atoms with Crippen molar-refractivity contribution in [1.29, 1.82) is 0 Å². The summed E-state index contributed by atoms with van der Waals surface area (Å²) in [4.78, 5) is 4.57. The molecule has 1 N–H and O–H groups in total. The van der Waals surface area contributed by atoms with Gasteiger partial charge in [-0.05, 0) is 43.5 Å². The van der Waals surface area contributed by atoms with Gasteiger partial charge in [0, 0.05) is 31.3 Å². The Bertz CT molecular complexity index is 527. The number of pyridine rings is 1. The molecule has 1 atom stereocenters. The van der Waals surface area contributed by atoms with Crippen molar-refractivity contribution in [2.75, 3.05) is 20.3 Å². The molecule has 0 radical (unpaired) electrons. The number of hydrogen-bond donors (Lipinski definition) is 1. The molecule has 20 heavy (non-hydrogen) atoms. The molecular formula is C17H24N2O. The first-order valence-electron chi connectivity index (χ1n) is 7.42. The van der Waals surface area contributed by atoms with E-state index in [0.717, 1.165) is 37.9 Å². The van der Waals surface area contributed by atoms with Crippen LogP contribution >= 0.6 is 0 Å². The van der Waals surface area contributed by atoms with E-state index in [1.165, 1.54) is 10.9 Å². The summed E-state index contributed by atoms with van der Waals surface area (Å²) in [5, 5.41) is 4.82. The summed E-state index contributed by atoms with van der Waals surface area (Å²) in [5.74, 6) is 0. The number of rotatable bonds is 8. The lowest BCUT2D eigenvalue weighted by Gasteiger charge is -2.19. The quantitative estimate of drug-likeness (QED) is 0.744. The zero-order valence-electron chi connectivity index (χ0n) is 12.4. The summed E-state index contributed by atoms with van der Waals surface area (Å²) < 4.78 is 5.16. The lowest BCUT2D eigenvalue weighted by molar-refractivity contribution is 0.188. The molecule has 108 valence electrons. The second-order valence-corrected chi connectivity index (χ2v) is 5.10. The maximum Gasteiger partial charge on any atom is 0.0702 e. The molecule has 0 amide bonds. The van der Waals surface area contributed by atoms with Crippen LogP contribution in [0, 0.1) is 0 Å². The largest absolute Gasteiger partial charge is 0.385 e.